The molecule has 0 radical (unpaired) electrons. The third-order valence-corrected chi connectivity index (χ3v) is 2.69. The predicted octanol–water partition coefficient (Wildman–Crippen LogP) is 2.92. The number of hydrogen-bond donors (Lipinski definition) is 2. The van der Waals surface area contributed by atoms with E-state index in [9.17, 15) is 4.39 Å². The van der Waals surface area contributed by atoms with Crippen LogP contribution in [0.5, 0.6) is 0 Å². The normalized spacial score (nSPS) is 11.2. The molecule has 2 N–H and O–H groups in total. The van der Waals surface area contributed by atoms with Crippen molar-refractivity contribution in [2.24, 2.45) is 4.99 Å². The molecule has 6 heteroatoms. The fourth-order valence-electron chi connectivity index (χ4n) is 1.64. The lowest BCUT2D eigenvalue weighted by Gasteiger charge is -2.13. The van der Waals surface area contributed by atoms with E-state index in [2.05, 4.69) is 15.6 Å². The van der Waals surface area contributed by atoms with Crippen LogP contribution >= 0.6 is 24.0 Å². The molecule has 0 bridgehead atoms. The molecule has 1 aromatic carbocycles. The molecule has 0 amide bonds. The molecule has 21 heavy (non-hydrogen) atoms. The van der Waals surface area contributed by atoms with Gasteiger partial charge in [-0.05, 0) is 26.3 Å². The number of nitrogens with one attached hydrogen (secondary N) is 2. The van der Waals surface area contributed by atoms with Gasteiger partial charge in [0, 0.05) is 32.3 Å². The van der Waals surface area contributed by atoms with E-state index in [0.29, 0.717) is 18.1 Å². The first kappa shape index (κ1) is 20.1. The number of rotatable bonds is 7. The summed E-state index contributed by atoms with van der Waals surface area (Å²) in [7, 11) is 1.70. The highest BCUT2D eigenvalue weighted by atomic mass is 127. The number of hydrogen-bond acceptors (Lipinski definition) is 2. The molecule has 1 rings (SSSR count). The quantitative estimate of drug-likeness (QED) is 0.315. The summed E-state index contributed by atoms with van der Waals surface area (Å²) < 4.78 is 18.9. The largest absolute Gasteiger partial charge is 0.379 e. The van der Waals surface area contributed by atoms with Crippen molar-refractivity contribution in [3.63, 3.8) is 0 Å². The summed E-state index contributed by atoms with van der Waals surface area (Å²) in [6.07, 6.45) is 1.16. The first-order chi connectivity index (χ1) is 9.63. The molecular formula is C15H25FIN3O. The van der Waals surface area contributed by atoms with Gasteiger partial charge in [0.2, 0.25) is 0 Å². The lowest BCUT2D eigenvalue weighted by molar-refractivity contribution is 0.0776. The number of benzene rings is 1. The van der Waals surface area contributed by atoms with Crippen molar-refractivity contribution in [3.05, 3.63) is 35.6 Å². The van der Waals surface area contributed by atoms with Gasteiger partial charge in [-0.15, -0.1) is 24.0 Å². The Kier molecular flexibility index (Phi) is 11.2. The summed E-state index contributed by atoms with van der Waals surface area (Å²) in [4.78, 5) is 4.10. The van der Waals surface area contributed by atoms with E-state index in [0.717, 1.165) is 19.6 Å². The summed E-state index contributed by atoms with van der Waals surface area (Å²) in [5.74, 6) is 0.457. The molecular weight excluding hydrogens is 384 g/mol. The second kappa shape index (κ2) is 11.7. The maximum atomic E-state index is 13.5. The Morgan fingerprint density at radius 1 is 1.29 bits per heavy atom. The van der Waals surface area contributed by atoms with Crippen LogP contribution in [0.4, 0.5) is 4.39 Å². The number of nitrogens with zero attached hydrogens (tertiary/aromatic N) is 1. The SMILES string of the molecule is CN=C(NCCCOC(C)C)NCc1ccccc1F.I. The fraction of sp³-hybridized carbons (Fsp3) is 0.533. The first-order valence-electron chi connectivity index (χ1n) is 6.93. The minimum absolute atomic E-state index is 0. The molecule has 4 nitrogen and oxygen atoms in total. The third-order valence-electron chi connectivity index (χ3n) is 2.69. The Morgan fingerprint density at radius 2 is 2.00 bits per heavy atom. The molecule has 0 spiro atoms. The minimum atomic E-state index is -0.208. The van der Waals surface area contributed by atoms with Gasteiger partial charge in [0.15, 0.2) is 5.96 Å². The summed E-state index contributed by atoms with van der Waals surface area (Å²) >= 11 is 0. The van der Waals surface area contributed by atoms with Gasteiger partial charge in [0.1, 0.15) is 5.82 Å². The Labute approximate surface area is 143 Å². The number of aliphatic imine (C=N–C) groups is 1. The Bertz CT molecular complexity index is 427. The van der Waals surface area contributed by atoms with E-state index < -0.39 is 0 Å². The Balaban J connectivity index is 0.00000400. The van der Waals surface area contributed by atoms with E-state index in [1.54, 1.807) is 19.2 Å². The van der Waals surface area contributed by atoms with E-state index >= 15 is 0 Å². The molecule has 0 saturated heterocycles. The topological polar surface area (TPSA) is 45.7 Å². The minimum Gasteiger partial charge on any atom is -0.379 e. The molecule has 0 aliphatic rings. The van der Waals surface area contributed by atoms with Crippen molar-refractivity contribution in [1.82, 2.24) is 10.6 Å². The second-order valence-electron chi connectivity index (χ2n) is 4.72. The van der Waals surface area contributed by atoms with Gasteiger partial charge < -0.3 is 15.4 Å². The summed E-state index contributed by atoms with van der Waals surface area (Å²) in [5, 5.41) is 6.25. The van der Waals surface area contributed by atoms with Crippen LogP contribution in [-0.2, 0) is 11.3 Å². The lowest BCUT2D eigenvalue weighted by Crippen LogP contribution is -2.37. The zero-order valence-electron chi connectivity index (χ0n) is 12.9. The van der Waals surface area contributed by atoms with Crippen molar-refractivity contribution >= 4 is 29.9 Å². The van der Waals surface area contributed by atoms with Crippen LogP contribution in [-0.4, -0.2) is 32.3 Å². The van der Waals surface area contributed by atoms with E-state index in [-0.39, 0.29) is 35.9 Å². The third kappa shape index (κ3) is 8.87. The van der Waals surface area contributed by atoms with Gasteiger partial charge in [-0.3, -0.25) is 4.99 Å². The van der Waals surface area contributed by atoms with Crippen LogP contribution in [0.25, 0.3) is 0 Å². The molecule has 0 atom stereocenters. The molecule has 0 saturated carbocycles. The Hall–Kier alpha value is -0.890. The number of guanidine groups is 1. The monoisotopic (exact) mass is 409 g/mol. The highest BCUT2D eigenvalue weighted by molar-refractivity contribution is 14.0. The van der Waals surface area contributed by atoms with Gasteiger partial charge in [0.25, 0.3) is 0 Å². The molecule has 0 heterocycles. The van der Waals surface area contributed by atoms with Gasteiger partial charge in [-0.2, -0.15) is 0 Å². The molecule has 0 fully saturated rings. The highest BCUT2D eigenvalue weighted by Gasteiger charge is 2.02. The van der Waals surface area contributed by atoms with Crippen molar-refractivity contribution in [1.29, 1.82) is 0 Å². The lowest BCUT2D eigenvalue weighted by atomic mass is 10.2. The van der Waals surface area contributed by atoms with Crippen molar-refractivity contribution in [2.45, 2.75) is 32.9 Å². The molecule has 120 valence electrons. The summed E-state index contributed by atoms with van der Waals surface area (Å²) in [5.41, 5.74) is 0.624. The van der Waals surface area contributed by atoms with Gasteiger partial charge in [-0.1, -0.05) is 18.2 Å². The smallest absolute Gasteiger partial charge is 0.191 e. The molecule has 0 aliphatic carbocycles. The highest BCUT2D eigenvalue weighted by Crippen LogP contribution is 2.05. The molecule has 0 aromatic heterocycles. The van der Waals surface area contributed by atoms with Crippen LogP contribution in [0.15, 0.2) is 29.3 Å². The van der Waals surface area contributed by atoms with Crippen LogP contribution in [0, 0.1) is 5.82 Å². The number of halogens is 2. The maximum absolute atomic E-state index is 13.5. The van der Waals surface area contributed by atoms with Crippen LogP contribution in [0.3, 0.4) is 0 Å². The zero-order valence-corrected chi connectivity index (χ0v) is 15.2. The fourth-order valence-corrected chi connectivity index (χ4v) is 1.64. The Morgan fingerprint density at radius 3 is 2.62 bits per heavy atom. The van der Waals surface area contributed by atoms with Crippen molar-refractivity contribution in [2.75, 3.05) is 20.2 Å². The molecule has 0 unspecified atom stereocenters. The van der Waals surface area contributed by atoms with Crippen LogP contribution < -0.4 is 10.6 Å². The van der Waals surface area contributed by atoms with Gasteiger partial charge in [-0.25, -0.2) is 4.39 Å². The van der Waals surface area contributed by atoms with E-state index in [1.807, 2.05) is 19.9 Å². The van der Waals surface area contributed by atoms with Crippen LogP contribution in [0.1, 0.15) is 25.8 Å². The maximum Gasteiger partial charge on any atom is 0.191 e. The average Bonchev–Trinajstić information content (AvgIpc) is 2.43. The van der Waals surface area contributed by atoms with E-state index in [1.165, 1.54) is 6.07 Å². The predicted molar refractivity (Wildman–Crippen MR) is 95.7 cm³/mol. The van der Waals surface area contributed by atoms with E-state index in [4.69, 9.17) is 4.74 Å². The summed E-state index contributed by atoms with van der Waals surface area (Å²) in [6, 6.07) is 6.71. The second-order valence-corrected chi connectivity index (χ2v) is 4.72. The summed E-state index contributed by atoms with van der Waals surface area (Å²) in [6.45, 7) is 5.93. The standard InChI is InChI=1S/C15H24FN3O.HI/c1-12(2)20-10-6-9-18-15(17-3)19-11-13-7-4-5-8-14(13)16;/h4-5,7-8,12H,6,9-11H2,1-3H3,(H2,17,18,19);1H. The van der Waals surface area contributed by atoms with Crippen LogP contribution in [0.2, 0.25) is 0 Å². The van der Waals surface area contributed by atoms with Gasteiger partial charge in [0.05, 0.1) is 6.10 Å². The average molecular weight is 409 g/mol. The molecule has 0 aliphatic heterocycles. The number of ether oxygens (including phenoxy) is 1. The first-order valence-corrected chi connectivity index (χ1v) is 6.93. The van der Waals surface area contributed by atoms with Crippen molar-refractivity contribution in [3.8, 4) is 0 Å². The zero-order chi connectivity index (χ0) is 14.8. The van der Waals surface area contributed by atoms with Gasteiger partial charge >= 0.3 is 0 Å². The van der Waals surface area contributed by atoms with Crippen molar-refractivity contribution < 1.29 is 9.13 Å². The molecule has 1 aromatic rings.